The fraction of sp³-hybridized carbons (Fsp3) is 0. The molecule has 0 aliphatic heterocycles. The number of nitrogens with zero attached hydrogens (tertiary/aromatic N) is 2. The van der Waals surface area contributed by atoms with Crippen molar-refractivity contribution in [3.8, 4) is 11.1 Å². The number of pyridine rings is 1. The monoisotopic (exact) mass is 195 g/mol. The molecule has 0 unspecified atom stereocenters. The van der Waals surface area contributed by atoms with Crippen molar-refractivity contribution in [1.82, 2.24) is 15.0 Å². The van der Waals surface area contributed by atoms with Gasteiger partial charge in [-0.3, -0.25) is 4.98 Å². The number of benzene rings is 1. The lowest BCUT2D eigenvalue weighted by molar-refractivity contribution is 1.33. The van der Waals surface area contributed by atoms with Gasteiger partial charge in [0.2, 0.25) is 0 Å². The number of hydrogen-bond donors (Lipinski definition) is 1. The van der Waals surface area contributed by atoms with Crippen LogP contribution < -0.4 is 0 Å². The Morgan fingerprint density at radius 1 is 1.07 bits per heavy atom. The van der Waals surface area contributed by atoms with Crippen LogP contribution in [-0.2, 0) is 0 Å². The zero-order valence-corrected chi connectivity index (χ0v) is 8.01. The Hall–Kier alpha value is -2.16. The van der Waals surface area contributed by atoms with Crippen LogP contribution in [0.25, 0.3) is 22.2 Å². The summed E-state index contributed by atoms with van der Waals surface area (Å²) in [5.74, 6) is 0. The maximum Gasteiger partial charge on any atom is 0.0931 e. The first-order chi connectivity index (χ1) is 7.43. The number of hydrogen-bond acceptors (Lipinski definition) is 2. The van der Waals surface area contributed by atoms with E-state index in [9.17, 15) is 0 Å². The minimum absolute atomic E-state index is 0.989. The van der Waals surface area contributed by atoms with Crippen molar-refractivity contribution in [3.63, 3.8) is 0 Å². The Morgan fingerprint density at radius 3 is 2.93 bits per heavy atom. The van der Waals surface area contributed by atoms with Crippen LogP contribution in [0.1, 0.15) is 0 Å². The lowest BCUT2D eigenvalue weighted by atomic mass is 10.1. The molecule has 3 nitrogen and oxygen atoms in total. The molecule has 72 valence electrons. The van der Waals surface area contributed by atoms with Crippen LogP contribution in [0.3, 0.4) is 0 Å². The maximum atomic E-state index is 4.18. The van der Waals surface area contributed by atoms with Gasteiger partial charge in [0, 0.05) is 18.0 Å². The summed E-state index contributed by atoms with van der Waals surface area (Å²) in [6, 6.07) is 10.1. The SMILES string of the molecule is c1cncc(-c2ccc3nc[nH]c3c2)c1. The van der Waals surface area contributed by atoms with Crippen LogP contribution in [0.15, 0.2) is 49.1 Å². The fourth-order valence-corrected chi connectivity index (χ4v) is 1.65. The highest BCUT2D eigenvalue weighted by atomic mass is 14.9. The second-order valence-corrected chi connectivity index (χ2v) is 3.38. The Kier molecular flexibility index (Phi) is 1.75. The minimum atomic E-state index is 0.989. The summed E-state index contributed by atoms with van der Waals surface area (Å²) in [5, 5.41) is 0. The highest BCUT2D eigenvalue weighted by Crippen LogP contribution is 2.21. The highest BCUT2D eigenvalue weighted by Gasteiger charge is 2.00. The zero-order chi connectivity index (χ0) is 10.1. The molecule has 3 heteroatoms. The number of aromatic nitrogens is 3. The van der Waals surface area contributed by atoms with E-state index in [1.165, 1.54) is 0 Å². The first-order valence-electron chi connectivity index (χ1n) is 4.77. The van der Waals surface area contributed by atoms with Gasteiger partial charge in [-0.25, -0.2) is 4.98 Å². The predicted molar refractivity (Wildman–Crippen MR) is 59.3 cm³/mol. The standard InChI is InChI=1S/C12H9N3/c1-2-10(7-13-5-1)9-3-4-11-12(6-9)15-8-14-11/h1-8H,(H,14,15). The molecule has 0 radical (unpaired) electrons. The summed E-state index contributed by atoms with van der Waals surface area (Å²) in [5.41, 5.74) is 4.31. The third-order valence-corrected chi connectivity index (χ3v) is 2.42. The van der Waals surface area contributed by atoms with Crippen molar-refractivity contribution in [3.05, 3.63) is 49.1 Å². The van der Waals surface area contributed by atoms with Gasteiger partial charge in [-0.15, -0.1) is 0 Å². The molecule has 3 aromatic rings. The van der Waals surface area contributed by atoms with Gasteiger partial charge in [0.1, 0.15) is 0 Å². The van der Waals surface area contributed by atoms with Crippen molar-refractivity contribution in [1.29, 1.82) is 0 Å². The number of nitrogens with one attached hydrogen (secondary N) is 1. The number of aromatic amines is 1. The number of fused-ring (bicyclic) bond motifs is 1. The van der Waals surface area contributed by atoms with Gasteiger partial charge in [-0.2, -0.15) is 0 Å². The average molecular weight is 195 g/mol. The molecule has 0 bridgehead atoms. The van der Waals surface area contributed by atoms with E-state index in [0.717, 1.165) is 22.2 Å². The molecular formula is C12H9N3. The van der Waals surface area contributed by atoms with E-state index in [4.69, 9.17) is 0 Å². The largest absolute Gasteiger partial charge is 0.345 e. The van der Waals surface area contributed by atoms with Crippen LogP contribution in [0.4, 0.5) is 0 Å². The van der Waals surface area contributed by atoms with Crippen LogP contribution >= 0.6 is 0 Å². The van der Waals surface area contributed by atoms with Gasteiger partial charge < -0.3 is 4.98 Å². The van der Waals surface area contributed by atoms with Gasteiger partial charge >= 0.3 is 0 Å². The summed E-state index contributed by atoms with van der Waals surface area (Å²) in [4.78, 5) is 11.4. The van der Waals surface area contributed by atoms with E-state index in [1.807, 2.05) is 24.4 Å². The second kappa shape index (κ2) is 3.20. The van der Waals surface area contributed by atoms with E-state index < -0.39 is 0 Å². The van der Waals surface area contributed by atoms with Gasteiger partial charge in [-0.05, 0) is 23.8 Å². The average Bonchev–Trinajstić information content (AvgIpc) is 2.77. The third kappa shape index (κ3) is 1.38. The maximum absolute atomic E-state index is 4.18. The van der Waals surface area contributed by atoms with E-state index in [2.05, 4.69) is 27.1 Å². The molecule has 0 saturated carbocycles. The van der Waals surface area contributed by atoms with E-state index in [-0.39, 0.29) is 0 Å². The molecule has 15 heavy (non-hydrogen) atoms. The van der Waals surface area contributed by atoms with Crippen molar-refractivity contribution >= 4 is 11.0 Å². The normalized spacial score (nSPS) is 10.7. The summed E-state index contributed by atoms with van der Waals surface area (Å²) in [7, 11) is 0. The van der Waals surface area contributed by atoms with Gasteiger partial charge in [-0.1, -0.05) is 12.1 Å². The van der Waals surface area contributed by atoms with Crippen molar-refractivity contribution in [2.24, 2.45) is 0 Å². The molecule has 0 aliphatic carbocycles. The summed E-state index contributed by atoms with van der Waals surface area (Å²) in [6.07, 6.45) is 5.34. The van der Waals surface area contributed by atoms with Crippen LogP contribution in [-0.4, -0.2) is 15.0 Å². The molecule has 0 atom stereocenters. The molecule has 2 aromatic heterocycles. The summed E-state index contributed by atoms with van der Waals surface area (Å²) < 4.78 is 0. The zero-order valence-electron chi connectivity index (χ0n) is 8.01. The minimum Gasteiger partial charge on any atom is -0.345 e. The lowest BCUT2D eigenvalue weighted by Crippen LogP contribution is -1.79. The molecule has 0 amide bonds. The predicted octanol–water partition coefficient (Wildman–Crippen LogP) is 2.62. The molecular weight excluding hydrogens is 186 g/mol. The molecule has 1 aromatic carbocycles. The third-order valence-electron chi connectivity index (χ3n) is 2.42. The number of rotatable bonds is 1. The van der Waals surface area contributed by atoms with Crippen molar-refractivity contribution < 1.29 is 0 Å². The number of imidazole rings is 1. The fourth-order valence-electron chi connectivity index (χ4n) is 1.65. The topological polar surface area (TPSA) is 41.6 Å². The molecule has 0 spiro atoms. The summed E-state index contributed by atoms with van der Waals surface area (Å²) >= 11 is 0. The second-order valence-electron chi connectivity index (χ2n) is 3.38. The van der Waals surface area contributed by atoms with E-state index in [1.54, 1.807) is 12.5 Å². The van der Waals surface area contributed by atoms with Crippen molar-refractivity contribution in [2.75, 3.05) is 0 Å². The quantitative estimate of drug-likeness (QED) is 0.648. The van der Waals surface area contributed by atoms with E-state index in [0.29, 0.717) is 0 Å². The Morgan fingerprint density at radius 2 is 2.07 bits per heavy atom. The van der Waals surface area contributed by atoms with Crippen LogP contribution in [0, 0.1) is 0 Å². The first-order valence-corrected chi connectivity index (χ1v) is 4.77. The molecule has 1 N–H and O–H groups in total. The van der Waals surface area contributed by atoms with E-state index >= 15 is 0 Å². The summed E-state index contributed by atoms with van der Waals surface area (Å²) in [6.45, 7) is 0. The Labute approximate surface area is 86.8 Å². The van der Waals surface area contributed by atoms with Crippen molar-refractivity contribution in [2.45, 2.75) is 0 Å². The van der Waals surface area contributed by atoms with Gasteiger partial charge in [0.15, 0.2) is 0 Å². The molecule has 0 aliphatic rings. The molecule has 0 saturated heterocycles. The van der Waals surface area contributed by atoms with Crippen LogP contribution in [0.5, 0.6) is 0 Å². The number of H-pyrrole nitrogens is 1. The smallest absolute Gasteiger partial charge is 0.0931 e. The molecule has 3 rings (SSSR count). The Bertz CT molecular complexity index is 584. The van der Waals surface area contributed by atoms with Gasteiger partial charge in [0.25, 0.3) is 0 Å². The highest BCUT2D eigenvalue weighted by molar-refractivity contribution is 5.81. The van der Waals surface area contributed by atoms with Crippen LogP contribution in [0.2, 0.25) is 0 Å². The Balaban J connectivity index is 2.19. The molecule has 2 heterocycles. The first kappa shape index (κ1) is 8.17. The van der Waals surface area contributed by atoms with Gasteiger partial charge in [0.05, 0.1) is 17.4 Å². The molecule has 0 fully saturated rings. The lowest BCUT2D eigenvalue weighted by Gasteiger charge is -1.99.